The van der Waals surface area contributed by atoms with Gasteiger partial charge >= 0.3 is 0 Å². The molecule has 0 N–H and O–H groups in total. The van der Waals surface area contributed by atoms with Crippen molar-refractivity contribution < 1.29 is 13.2 Å². The molecule has 2 atom stereocenters. The van der Waals surface area contributed by atoms with E-state index in [0.29, 0.717) is 19.5 Å². The first kappa shape index (κ1) is 19.4. The van der Waals surface area contributed by atoms with Gasteiger partial charge in [0.05, 0.1) is 12.4 Å². The third kappa shape index (κ3) is 4.09. The zero-order valence-electron chi connectivity index (χ0n) is 16.3. The predicted octanol–water partition coefficient (Wildman–Crippen LogP) is 3.12. The molecule has 4 rings (SSSR count). The van der Waals surface area contributed by atoms with Gasteiger partial charge in [0.15, 0.2) is 0 Å². The average Bonchev–Trinajstić information content (AvgIpc) is 2.83. The Morgan fingerprint density at radius 1 is 0.964 bits per heavy atom. The molecular formula is C22H28N2O3S. The van der Waals surface area contributed by atoms with Crippen LogP contribution in [-0.2, 0) is 23.1 Å². The van der Waals surface area contributed by atoms with E-state index in [4.69, 9.17) is 4.74 Å². The Labute approximate surface area is 168 Å². The maximum atomic E-state index is 13.1. The number of hydrogen-bond donors (Lipinski definition) is 0. The molecule has 2 fully saturated rings. The van der Waals surface area contributed by atoms with Gasteiger partial charge in [-0.25, -0.2) is 8.42 Å². The number of sulfonamides is 1. The highest BCUT2D eigenvalue weighted by atomic mass is 32.2. The lowest BCUT2D eigenvalue weighted by molar-refractivity contribution is 0.266. The number of methoxy groups -OCH3 is 1. The van der Waals surface area contributed by atoms with Gasteiger partial charge in [-0.3, -0.25) is 4.90 Å². The van der Waals surface area contributed by atoms with Crippen LogP contribution in [-0.4, -0.2) is 49.6 Å². The SMILES string of the molecule is COc1cccc(CN2CC[C@@H]3CN(Cc4ccccc4)S(=O)(=O)[C@@H]3CC2)c1. The Bertz CT molecular complexity index is 901. The van der Waals surface area contributed by atoms with Crippen LogP contribution in [0, 0.1) is 5.92 Å². The smallest absolute Gasteiger partial charge is 0.217 e. The summed E-state index contributed by atoms with van der Waals surface area (Å²) in [4.78, 5) is 2.38. The van der Waals surface area contributed by atoms with Crippen molar-refractivity contribution >= 4 is 10.0 Å². The van der Waals surface area contributed by atoms with Gasteiger partial charge in [0.2, 0.25) is 10.0 Å². The van der Waals surface area contributed by atoms with Crippen LogP contribution in [0.2, 0.25) is 0 Å². The molecule has 2 aromatic rings. The van der Waals surface area contributed by atoms with Crippen molar-refractivity contribution in [2.45, 2.75) is 31.2 Å². The minimum Gasteiger partial charge on any atom is -0.497 e. The maximum absolute atomic E-state index is 13.1. The van der Waals surface area contributed by atoms with Crippen LogP contribution in [0.1, 0.15) is 24.0 Å². The van der Waals surface area contributed by atoms with Crippen molar-refractivity contribution in [3.63, 3.8) is 0 Å². The topological polar surface area (TPSA) is 49.9 Å². The monoisotopic (exact) mass is 400 g/mol. The molecule has 0 unspecified atom stereocenters. The molecule has 2 saturated heterocycles. The van der Waals surface area contributed by atoms with E-state index >= 15 is 0 Å². The van der Waals surface area contributed by atoms with Crippen molar-refractivity contribution in [2.75, 3.05) is 26.7 Å². The summed E-state index contributed by atoms with van der Waals surface area (Å²) in [5, 5.41) is -0.244. The van der Waals surface area contributed by atoms with Crippen LogP contribution in [0.25, 0.3) is 0 Å². The van der Waals surface area contributed by atoms with Crippen molar-refractivity contribution in [1.82, 2.24) is 9.21 Å². The van der Waals surface area contributed by atoms with E-state index in [1.807, 2.05) is 42.5 Å². The highest BCUT2D eigenvalue weighted by molar-refractivity contribution is 7.90. The van der Waals surface area contributed by atoms with E-state index < -0.39 is 10.0 Å². The fraction of sp³-hybridized carbons (Fsp3) is 0.455. The Kier molecular flexibility index (Phi) is 5.71. The molecular weight excluding hydrogens is 372 g/mol. The number of hydrogen-bond acceptors (Lipinski definition) is 4. The van der Waals surface area contributed by atoms with Crippen LogP contribution in [0.15, 0.2) is 54.6 Å². The second kappa shape index (κ2) is 8.23. The largest absolute Gasteiger partial charge is 0.497 e. The zero-order chi connectivity index (χ0) is 19.6. The fourth-order valence-electron chi connectivity index (χ4n) is 4.48. The number of benzene rings is 2. The molecule has 0 spiro atoms. The Balaban J connectivity index is 1.41. The summed E-state index contributed by atoms with van der Waals surface area (Å²) in [6.45, 7) is 3.73. The maximum Gasteiger partial charge on any atom is 0.217 e. The molecule has 0 saturated carbocycles. The summed E-state index contributed by atoms with van der Waals surface area (Å²) in [5.74, 6) is 1.09. The quantitative estimate of drug-likeness (QED) is 0.774. The minimum absolute atomic E-state index is 0.226. The van der Waals surface area contributed by atoms with E-state index in [9.17, 15) is 8.42 Å². The van der Waals surface area contributed by atoms with Gasteiger partial charge in [-0.2, -0.15) is 4.31 Å². The van der Waals surface area contributed by atoms with Gasteiger partial charge in [-0.05, 0) is 55.1 Å². The lowest BCUT2D eigenvalue weighted by Gasteiger charge is -2.22. The highest BCUT2D eigenvalue weighted by Gasteiger charge is 2.46. The first-order valence-corrected chi connectivity index (χ1v) is 11.4. The Morgan fingerprint density at radius 2 is 1.71 bits per heavy atom. The van der Waals surface area contributed by atoms with E-state index in [-0.39, 0.29) is 11.2 Å². The molecule has 28 heavy (non-hydrogen) atoms. The van der Waals surface area contributed by atoms with Crippen LogP contribution in [0.4, 0.5) is 0 Å². The van der Waals surface area contributed by atoms with Crippen molar-refractivity contribution in [3.05, 3.63) is 65.7 Å². The molecule has 0 bridgehead atoms. The molecule has 0 aliphatic carbocycles. The number of fused-ring (bicyclic) bond motifs is 1. The molecule has 6 heteroatoms. The number of rotatable bonds is 5. The van der Waals surface area contributed by atoms with Gasteiger partial charge in [0, 0.05) is 19.6 Å². The van der Waals surface area contributed by atoms with E-state index in [0.717, 1.165) is 37.4 Å². The summed E-state index contributed by atoms with van der Waals surface area (Å²) in [6.07, 6.45) is 1.64. The number of likely N-dealkylation sites (tertiary alicyclic amines) is 1. The van der Waals surface area contributed by atoms with E-state index in [2.05, 4.69) is 17.0 Å². The second-order valence-electron chi connectivity index (χ2n) is 7.83. The molecule has 0 radical (unpaired) electrons. The van der Waals surface area contributed by atoms with Gasteiger partial charge in [0.25, 0.3) is 0 Å². The predicted molar refractivity (Wildman–Crippen MR) is 111 cm³/mol. The molecule has 2 aliphatic heterocycles. The first-order chi connectivity index (χ1) is 13.6. The zero-order valence-corrected chi connectivity index (χ0v) is 17.1. The van der Waals surface area contributed by atoms with Gasteiger partial charge in [-0.15, -0.1) is 0 Å². The lowest BCUT2D eigenvalue weighted by Crippen LogP contribution is -2.31. The Hall–Kier alpha value is -1.89. The van der Waals surface area contributed by atoms with Crippen molar-refractivity contribution in [2.24, 2.45) is 5.92 Å². The summed E-state index contributed by atoms with van der Waals surface area (Å²) < 4.78 is 33.3. The fourth-order valence-corrected chi connectivity index (χ4v) is 6.70. The third-order valence-electron chi connectivity index (χ3n) is 5.99. The van der Waals surface area contributed by atoms with Crippen molar-refractivity contribution in [3.8, 4) is 5.75 Å². The minimum atomic E-state index is -3.23. The molecule has 0 amide bonds. The van der Waals surface area contributed by atoms with Gasteiger partial charge in [-0.1, -0.05) is 42.5 Å². The van der Waals surface area contributed by atoms with Crippen LogP contribution >= 0.6 is 0 Å². The average molecular weight is 401 g/mol. The summed E-state index contributed by atoms with van der Waals surface area (Å²) in [7, 11) is -1.55. The van der Waals surface area contributed by atoms with Crippen LogP contribution in [0.3, 0.4) is 0 Å². The lowest BCUT2D eigenvalue weighted by atomic mass is 10.0. The Morgan fingerprint density at radius 3 is 2.50 bits per heavy atom. The number of nitrogens with zero attached hydrogens (tertiary/aromatic N) is 2. The molecule has 2 aliphatic rings. The standard InChI is InChI=1S/C22H28N2O3S/c1-27-21-9-5-8-19(14-21)15-23-12-10-20-17-24(16-18-6-3-2-4-7-18)28(25,26)22(20)11-13-23/h2-9,14,20,22H,10-13,15-17H2,1H3/t20-,22-/m1/s1. The molecule has 2 heterocycles. The van der Waals surface area contributed by atoms with Crippen LogP contribution in [0.5, 0.6) is 5.75 Å². The second-order valence-corrected chi connectivity index (χ2v) is 9.98. The molecule has 2 aromatic carbocycles. The molecule has 150 valence electrons. The van der Waals surface area contributed by atoms with Gasteiger partial charge < -0.3 is 4.74 Å². The van der Waals surface area contributed by atoms with Gasteiger partial charge in [0.1, 0.15) is 5.75 Å². The van der Waals surface area contributed by atoms with E-state index in [1.165, 1.54) is 5.56 Å². The summed E-state index contributed by atoms with van der Waals surface area (Å²) in [5.41, 5.74) is 2.27. The number of ether oxygens (including phenoxy) is 1. The van der Waals surface area contributed by atoms with Crippen LogP contribution < -0.4 is 4.74 Å². The highest BCUT2D eigenvalue weighted by Crippen LogP contribution is 2.35. The molecule has 5 nitrogen and oxygen atoms in total. The summed E-state index contributed by atoms with van der Waals surface area (Å²) in [6, 6.07) is 18.0. The van der Waals surface area contributed by atoms with E-state index in [1.54, 1.807) is 11.4 Å². The normalized spacial score (nSPS) is 25.2. The molecule has 0 aromatic heterocycles. The third-order valence-corrected chi connectivity index (χ3v) is 8.38. The van der Waals surface area contributed by atoms with Crippen molar-refractivity contribution in [1.29, 1.82) is 0 Å². The first-order valence-electron chi connectivity index (χ1n) is 9.94. The summed E-state index contributed by atoms with van der Waals surface area (Å²) >= 11 is 0.